The van der Waals surface area contributed by atoms with E-state index >= 15 is 0 Å². The fourth-order valence-corrected chi connectivity index (χ4v) is 3.27. The van der Waals surface area contributed by atoms with Crippen LogP contribution in [0.3, 0.4) is 0 Å². The van der Waals surface area contributed by atoms with Gasteiger partial charge in [0.05, 0.1) is 5.37 Å². The highest BCUT2D eigenvalue weighted by molar-refractivity contribution is 9.10. The van der Waals surface area contributed by atoms with E-state index in [4.69, 9.17) is 0 Å². The zero-order valence-electron chi connectivity index (χ0n) is 8.03. The molecular weight excluding hydrogens is 260 g/mol. The van der Waals surface area contributed by atoms with E-state index in [1.807, 2.05) is 24.2 Å². The van der Waals surface area contributed by atoms with Gasteiger partial charge in [0, 0.05) is 28.7 Å². The summed E-state index contributed by atoms with van der Waals surface area (Å²) in [4.78, 5) is 4.18. The third kappa shape index (κ3) is 2.30. The van der Waals surface area contributed by atoms with Crippen LogP contribution < -0.4 is 5.32 Å². The largest absolute Gasteiger partial charge is 0.298 e. The lowest BCUT2D eigenvalue weighted by molar-refractivity contribution is 0.560. The smallest absolute Gasteiger partial charge is 0.0807 e. The Bertz CT molecular complexity index is 319. The molecule has 2 nitrogen and oxygen atoms in total. The van der Waals surface area contributed by atoms with Crippen molar-refractivity contribution in [2.75, 3.05) is 5.75 Å². The molecule has 0 bridgehead atoms. The molecule has 1 fully saturated rings. The summed E-state index contributed by atoms with van der Waals surface area (Å²) in [6, 6.07) is 2.79. The average molecular weight is 273 g/mol. The van der Waals surface area contributed by atoms with Crippen molar-refractivity contribution in [1.29, 1.82) is 0 Å². The molecule has 0 aromatic carbocycles. The number of hydrogen-bond donors (Lipinski definition) is 1. The zero-order chi connectivity index (χ0) is 9.97. The molecule has 1 aliphatic heterocycles. The van der Waals surface area contributed by atoms with E-state index in [0.717, 1.165) is 4.47 Å². The van der Waals surface area contributed by atoms with E-state index in [1.165, 1.54) is 17.7 Å². The van der Waals surface area contributed by atoms with Crippen LogP contribution in [-0.4, -0.2) is 16.8 Å². The van der Waals surface area contributed by atoms with Gasteiger partial charge in [0.15, 0.2) is 0 Å². The molecule has 0 saturated carbocycles. The van der Waals surface area contributed by atoms with Crippen molar-refractivity contribution in [2.24, 2.45) is 0 Å². The number of rotatable bonds is 2. The molecule has 0 radical (unpaired) electrons. The van der Waals surface area contributed by atoms with Crippen LogP contribution in [0.5, 0.6) is 0 Å². The summed E-state index contributed by atoms with van der Waals surface area (Å²) < 4.78 is 1.05. The summed E-state index contributed by atoms with van der Waals surface area (Å²) in [6.07, 6.45) is 4.96. The second kappa shape index (κ2) is 4.64. The number of aromatic nitrogens is 1. The molecule has 0 spiro atoms. The Hall–Kier alpha value is -0.0600. The Labute approximate surface area is 97.0 Å². The van der Waals surface area contributed by atoms with Crippen molar-refractivity contribution >= 4 is 27.7 Å². The third-order valence-electron chi connectivity index (χ3n) is 2.37. The Morgan fingerprint density at radius 3 is 3.14 bits per heavy atom. The maximum atomic E-state index is 4.18. The van der Waals surface area contributed by atoms with Gasteiger partial charge >= 0.3 is 0 Å². The van der Waals surface area contributed by atoms with Crippen LogP contribution in [0.15, 0.2) is 22.9 Å². The van der Waals surface area contributed by atoms with Crippen LogP contribution in [0.2, 0.25) is 0 Å². The summed E-state index contributed by atoms with van der Waals surface area (Å²) in [5, 5.41) is 4.01. The van der Waals surface area contributed by atoms with Crippen molar-refractivity contribution in [3.8, 4) is 0 Å². The van der Waals surface area contributed by atoms with Crippen molar-refractivity contribution in [2.45, 2.75) is 24.8 Å². The molecule has 0 aliphatic carbocycles. The van der Waals surface area contributed by atoms with E-state index in [9.17, 15) is 0 Å². The highest BCUT2D eigenvalue weighted by Gasteiger charge is 2.24. The first-order valence-corrected chi connectivity index (χ1v) is 6.62. The fraction of sp³-hybridized carbons (Fsp3) is 0.500. The summed E-state index contributed by atoms with van der Waals surface area (Å²) in [7, 11) is 0. The molecule has 1 N–H and O–H groups in total. The molecule has 1 aliphatic rings. The monoisotopic (exact) mass is 272 g/mol. The van der Waals surface area contributed by atoms with Gasteiger partial charge in [0.1, 0.15) is 0 Å². The van der Waals surface area contributed by atoms with Gasteiger partial charge in [-0.15, -0.1) is 11.8 Å². The quantitative estimate of drug-likeness (QED) is 0.896. The van der Waals surface area contributed by atoms with Crippen LogP contribution in [0.4, 0.5) is 0 Å². The molecule has 0 amide bonds. The lowest BCUT2D eigenvalue weighted by atomic mass is 10.2. The first-order chi connectivity index (χ1) is 6.79. The van der Waals surface area contributed by atoms with E-state index in [0.29, 0.717) is 11.4 Å². The van der Waals surface area contributed by atoms with E-state index in [1.54, 1.807) is 0 Å². The Morgan fingerprint density at radius 2 is 2.50 bits per heavy atom. The minimum absolute atomic E-state index is 0.421. The van der Waals surface area contributed by atoms with Crippen LogP contribution >= 0.6 is 27.7 Å². The fourth-order valence-electron chi connectivity index (χ4n) is 1.52. The standard InChI is InChI=1S/C10H13BrN2S/c1-2-9-6-14-10(13-9)7-3-8(11)5-12-4-7/h3-5,9-10,13H,2,6H2,1H3. The van der Waals surface area contributed by atoms with Crippen LogP contribution in [-0.2, 0) is 0 Å². The SMILES string of the molecule is CCC1CSC(c2cncc(Br)c2)N1. The Morgan fingerprint density at radius 1 is 1.64 bits per heavy atom. The number of halogens is 1. The van der Waals surface area contributed by atoms with Crippen LogP contribution in [0.25, 0.3) is 0 Å². The van der Waals surface area contributed by atoms with Gasteiger partial charge in [0.25, 0.3) is 0 Å². The van der Waals surface area contributed by atoms with Gasteiger partial charge in [-0.3, -0.25) is 10.3 Å². The Kier molecular flexibility index (Phi) is 3.47. The first kappa shape index (κ1) is 10.5. The van der Waals surface area contributed by atoms with Gasteiger partial charge in [-0.1, -0.05) is 6.92 Å². The topological polar surface area (TPSA) is 24.9 Å². The maximum absolute atomic E-state index is 4.18. The first-order valence-electron chi connectivity index (χ1n) is 4.77. The molecule has 2 rings (SSSR count). The molecule has 4 heteroatoms. The highest BCUT2D eigenvalue weighted by Crippen LogP contribution is 2.33. The number of nitrogens with zero attached hydrogens (tertiary/aromatic N) is 1. The molecule has 76 valence electrons. The predicted molar refractivity (Wildman–Crippen MR) is 64.4 cm³/mol. The van der Waals surface area contributed by atoms with E-state index in [-0.39, 0.29) is 0 Å². The van der Waals surface area contributed by atoms with E-state index < -0.39 is 0 Å². The zero-order valence-corrected chi connectivity index (χ0v) is 10.4. The summed E-state index contributed by atoms with van der Waals surface area (Å²) in [5.74, 6) is 1.20. The van der Waals surface area contributed by atoms with E-state index in [2.05, 4.69) is 39.2 Å². The summed E-state index contributed by atoms with van der Waals surface area (Å²) in [6.45, 7) is 2.22. The lowest BCUT2D eigenvalue weighted by Gasteiger charge is -2.11. The molecule has 14 heavy (non-hydrogen) atoms. The lowest BCUT2D eigenvalue weighted by Crippen LogP contribution is -2.24. The number of hydrogen-bond acceptors (Lipinski definition) is 3. The highest BCUT2D eigenvalue weighted by atomic mass is 79.9. The molecule has 2 atom stereocenters. The van der Waals surface area contributed by atoms with Crippen molar-refractivity contribution in [3.05, 3.63) is 28.5 Å². The van der Waals surface area contributed by atoms with Crippen LogP contribution in [0.1, 0.15) is 24.3 Å². The molecule has 2 unspecified atom stereocenters. The van der Waals surface area contributed by atoms with Gasteiger partial charge in [-0.25, -0.2) is 0 Å². The molecule has 1 aromatic rings. The number of thioether (sulfide) groups is 1. The predicted octanol–water partition coefficient (Wildman–Crippen LogP) is 2.96. The summed E-state index contributed by atoms with van der Waals surface area (Å²) >= 11 is 5.41. The van der Waals surface area contributed by atoms with Gasteiger partial charge in [0.2, 0.25) is 0 Å². The van der Waals surface area contributed by atoms with Gasteiger partial charge < -0.3 is 0 Å². The molecular formula is C10H13BrN2S. The van der Waals surface area contributed by atoms with Crippen molar-refractivity contribution in [3.63, 3.8) is 0 Å². The maximum Gasteiger partial charge on any atom is 0.0807 e. The van der Waals surface area contributed by atoms with Crippen LogP contribution in [0, 0.1) is 0 Å². The molecule has 1 aromatic heterocycles. The Balaban J connectivity index is 2.09. The minimum atomic E-state index is 0.421. The van der Waals surface area contributed by atoms with Crippen molar-refractivity contribution < 1.29 is 0 Å². The van der Waals surface area contributed by atoms with Crippen molar-refractivity contribution in [1.82, 2.24) is 10.3 Å². The van der Waals surface area contributed by atoms with Gasteiger partial charge in [-0.2, -0.15) is 0 Å². The third-order valence-corrected chi connectivity index (χ3v) is 4.14. The second-order valence-corrected chi connectivity index (χ2v) is 5.48. The normalized spacial score (nSPS) is 26.7. The number of nitrogens with one attached hydrogen (secondary N) is 1. The number of pyridine rings is 1. The average Bonchev–Trinajstić information content (AvgIpc) is 2.66. The van der Waals surface area contributed by atoms with Gasteiger partial charge in [-0.05, 0) is 34.0 Å². The minimum Gasteiger partial charge on any atom is -0.298 e. The molecule has 2 heterocycles. The summed E-state index contributed by atoms with van der Waals surface area (Å²) in [5.41, 5.74) is 1.26. The second-order valence-electron chi connectivity index (χ2n) is 3.42. The molecule has 1 saturated heterocycles.